The van der Waals surface area contributed by atoms with E-state index in [1.807, 2.05) is 30.3 Å². The molecule has 0 heterocycles. The first-order chi connectivity index (χ1) is 9.19. The van der Waals surface area contributed by atoms with Crippen molar-refractivity contribution in [2.75, 3.05) is 20.3 Å². The van der Waals surface area contributed by atoms with Gasteiger partial charge in [0, 0.05) is 19.7 Å². The van der Waals surface area contributed by atoms with E-state index in [1.165, 1.54) is 0 Å². The molecule has 1 aliphatic rings. The Hall–Kier alpha value is -1.39. The zero-order valence-electron chi connectivity index (χ0n) is 11.4. The summed E-state index contributed by atoms with van der Waals surface area (Å²) in [6.45, 7) is 1.14. The number of carbonyl (C=O) groups excluding carboxylic acids is 1. The summed E-state index contributed by atoms with van der Waals surface area (Å²) in [6.07, 6.45) is 2.62. The number of amides is 1. The molecule has 2 rings (SSSR count). The molecule has 0 spiro atoms. The Morgan fingerprint density at radius 3 is 2.68 bits per heavy atom. The molecule has 0 radical (unpaired) electrons. The van der Waals surface area contributed by atoms with Gasteiger partial charge in [0.05, 0.1) is 12.0 Å². The van der Waals surface area contributed by atoms with Gasteiger partial charge in [0.2, 0.25) is 5.91 Å². The second-order valence-corrected chi connectivity index (χ2v) is 5.21. The van der Waals surface area contributed by atoms with Gasteiger partial charge in [-0.1, -0.05) is 30.3 Å². The first-order valence-electron chi connectivity index (χ1n) is 6.77. The van der Waals surface area contributed by atoms with Crippen LogP contribution in [0.3, 0.4) is 0 Å². The molecule has 1 fully saturated rings. The van der Waals surface area contributed by atoms with Crippen molar-refractivity contribution >= 4 is 5.91 Å². The zero-order chi connectivity index (χ0) is 13.7. The van der Waals surface area contributed by atoms with Crippen molar-refractivity contribution in [2.45, 2.75) is 30.7 Å². The van der Waals surface area contributed by atoms with Crippen LogP contribution < -0.4 is 11.1 Å². The van der Waals surface area contributed by atoms with Gasteiger partial charge in [0.25, 0.3) is 0 Å². The van der Waals surface area contributed by atoms with Gasteiger partial charge in [-0.05, 0) is 24.8 Å². The third kappa shape index (κ3) is 3.33. The largest absolute Gasteiger partial charge is 0.383 e. The highest BCUT2D eigenvalue weighted by Gasteiger charge is 2.50. The summed E-state index contributed by atoms with van der Waals surface area (Å²) in [5, 5.41) is 3.00. The Balaban J connectivity index is 1.84. The molecule has 1 aromatic rings. The second kappa shape index (κ2) is 6.17. The number of nitrogens with two attached hydrogens (primary N) is 1. The summed E-state index contributed by atoms with van der Waals surface area (Å²) in [7, 11) is 1.63. The smallest absolute Gasteiger partial charge is 0.230 e. The summed E-state index contributed by atoms with van der Waals surface area (Å²) in [5.74, 6) is 0.128. The molecule has 0 bridgehead atoms. The molecular formula is C15H22N2O2. The molecule has 4 nitrogen and oxygen atoms in total. The number of hydrogen-bond acceptors (Lipinski definition) is 3. The van der Waals surface area contributed by atoms with Gasteiger partial charge >= 0.3 is 0 Å². The van der Waals surface area contributed by atoms with Crippen LogP contribution in [0.1, 0.15) is 24.8 Å². The summed E-state index contributed by atoms with van der Waals surface area (Å²) in [6, 6.07) is 9.99. The Morgan fingerprint density at radius 1 is 1.42 bits per heavy atom. The number of hydrogen-bond donors (Lipinski definition) is 2. The Labute approximate surface area is 114 Å². The number of rotatable bonds is 7. The number of ether oxygens (including phenoxy) is 1. The maximum atomic E-state index is 12.3. The molecule has 1 aromatic carbocycles. The maximum Gasteiger partial charge on any atom is 0.230 e. The highest BCUT2D eigenvalue weighted by molar-refractivity contribution is 5.91. The second-order valence-electron chi connectivity index (χ2n) is 5.21. The molecule has 4 heteroatoms. The van der Waals surface area contributed by atoms with Crippen molar-refractivity contribution in [1.29, 1.82) is 0 Å². The van der Waals surface area contributed by atoms with Gasteiger partial charge < -0.3 is 15.8 Å². The van der Waals surface area contributed by atoms with Gasteiger partial charge in [-0.15, -0.1) is 0 Å². The molecule has 3 N–H and O–H groups in total. The van der Waals surface area contributed by atoms with E-state index in [0.717, 1.165) is 24.8 Å². The van der Waals surface area contributed by atoms with E-state index in [9.17, 15) is 4.79 Å². The number of methoxy groups -OCH3 is 1. The molecule has 1 unspecified atom stereocenters. The van der Waals surface area contributed by atoms with Crippen molar-refractivity contribution in [1.82, 2.24) is 5.32 Å². The van der Waals surface area contributed by atoms with Crippen molar-refractivity contribution in [3.8, 4) is 0 Å². The molecule has 0 saturated heterocycles. The van der Waals surface area contributed by atoms with Gasteiger partial charge in [-0.3, -0.25) is 4.79 Å². The average molecular weight is 262 g/mol. The first kappa shape index (κ1) is 14.0. The van der Waals surface area contributed by atoms with Crippen molar-refractivity contribution in [3.05, 3.63) is 35.9 Å². The predicted octanol–water partition coefficient (Wildman–Crippen LogP) is 1.20. The first-order valence-corrected chi connectivity index (χ1v) is 6.77. The average Bonchev–Trinajstić information content (AvgIpc) is 3.21. The molecule has 1 aliphatic carbocycles. The SMILES string of the molecule is COCC(N)CCNC(=O)C1(c2ccccc2)CC1. The molecule has 0 aliphatic heterocycles. The molecule has 1 saturated carbocycles. The van der Waals surface area contributed by atoms with Crippen molar-refractivity contribution in [3.63, 3.8) is 0 Å². The lowest BCUT2D eigenvalue weighted by atomic mass is 9.95. The minimum Gasteiger partial charge on any atom is -0.383 e. The lowest BCUT2D eigenvalue weighted by Gasteiger charge is -2.17. The van der Waals surface area contributed by atoms with Crippen molar-refractivity contribution < 1.29 is 9.53 Å². The zero-order valence-corrected chi connectivity index (χ0v) is 11.4. The number of benzene rings is 1. The lowest BCUT2D eigenvalue weighted by molar-refractivity contribution is -0.123. The summed E-state index contributed by atoms with van der Waals surface area (Å²) in [4.78, 5) is 12.3. The van der Waals surface area contributed by atoms with Crippen LogP contribution in [0.4, 0.5) is 0 Å². The Kier molecular flexibility index (Phi) is 4.56. The van der Waals surface area contributed by atoms with Crippen LogP contribution in [0.25, 0.3) is 0 Å². The predicted molar refractivity (Wildman–Crippen MR) is 74.8 cm³/mol. The number of nitrogens with one attached hydrogen (secondary N) is 1. The standard InChI is InChI=1S/C15H22N2O2/c1-19-11-13(16)7-10-17-14(18)15(8-9-15)12-5-3-2-4-6-12/h2-6,13H,7-11,16H2,1H3,(H,17,18). The number of carbonyl (C=O) groups is 1. The van der Waals surface area contributed by atoms with Gasteiger partial charge in [0.15, 0.2) is 0 Å². The van der Waals surface area contributed by atoms with Crippen LogP contribution in [-0.2, 0) is 14.9 Å². The van der Waals surface area contributed by atoms with Crippen molar-refractivity contribution in [2.24, 2.45) is 5.73 Å². The van der Waals surface area contributed by atoms with Crippen LogP contribution in [0, 0.1) is 0 Å². The third-order valence-electron chi connectivity index (χ3n) is 3.69. The van der Waals surface area contributed by atoms with E-state index in [4.69, 9.17) is 10.5 Å². The molecular weight excluding hydrogens is 240 g/mol. The van der Waals surface area contributed by atoms with Gasteiger partial charge in [-0.2, -0.15) is 0 Å². The van der Waals surface area contributed by atoms with Crippen LogP contribution in [0.5, 0.6) is 0 Å². The fraction of sp³-hybridized carbons (Fsp3) is 0.533. The Morgan fingerprint density at radius 2 is 2.11 bits per heavy atom. The quantitative estimate of drug-likeness (QED) is 0.776. The minimum absolute atomic E-state index is 0.0165. The van der Waals surface area contributed by atoms with E-state index >= 15 is 0 Å². The van der Waals surface area contributed by atoms with Gasteiger partial charge in [-0.25, -0.2) is 0 Å². The Bertz CT molecular complexity index is 415. The van der Waals surface area contributed by atoms with E-state index in [0.29, 0.717) is 13.2 Å². The molecule has 0 aromatic heterocycles. The summed E-state index contributed by atoms with van der Waals surface area (Å²) < 4.78 is 4.97. The van der Waals surface area contributed by atoms with Crippen LogP contribution in [-0.4, -0.2) is 32.2 Å². The van der Waals surface area contributed by atoms with Crippen LogP contribution in [0.2, 0.25) is 0 Å². The van der Waals surface area contributed by atoms with E-state index in [-0.39, 0.29) is 17.4 Å². The van der Waals surface area contributed by atoms with E-state index in [2.05, 4.69) is 5.32 Å². The maximum absolute atomic E-state index is 12.3. The summed E-state index contributed by atoms with van der Waals surface area (Å²) >= 11 is 0. The summed E-state index contributed by atoms with van der Waals surface area (Å²) in [5.41, 5.74) is 6.66. The molecule has 1 atom stereocenters. The fourth-order valence-electron chi connectivity index (χ4n) is 2.37. The third-order valence-corrected chi connectivity index (χ3v) is 3.69. The normalized spacial score (nSPS) is 17.8. The molecule has 19 heavy (non-hydrogen) atoms. The fourth-order valence-corrected chi connectivity index (χ4v) is 2.37. The highest BCUT2D eigenvalue weighted by atomic mass is 16.5. The topological polar surface area (TPSA) is 64.3 Å². The monoisotopic (exact) mass is 262 g/mol. The van der Waals surface area contributed by atoms with Gasteiger partial charge in [0.1, 0.15) is 0 Å². The molecule has 104 valence electrons. The van der Waals surface area contributed by atoms with Crippen LogP contribution >= 0.6 is 0 Å². The highest BCUT2D eigenvalue weighted by Crippen LogP contribution is 2.48. The minimum atomic E-state index is -0.285. The van der Waals surface area contributed by atoms with E-state index < -0.39 is 0 Å². The van der Waals surface area contributed by atoms with Crippen LogP contribution in [0.15, 0.2) is 30.3 Å². The molecule has 1 amide bonds. The lowest BCUT2D eigenvalue weighted by Crippen LogP contribution is -2.38. The van der Waals surface area contributed by atoms with E-state index in [1.54, 1.807) is 7.11 Å².